The van der Waals surface area contributed by atoms with E-state index in [0.717, 1.165) is 10.5 Å². The van der Waals surface area contributed by atoms with Crippen LogP contribution in [0.25, 0.3) is 0 Å². The first-order valence-electron chi connectivity index (χ1n) is 11.0. The number of carboxylic acid groups (broad SMARTS) is 1. The smallest absolute Gasteiger partial charge is 0.331 e. The molecule has 4 rings (SSSR count). The molecule has 8 heteroatoms. The van der Waals surface area contributed by atoms with Gasteiger partial charge in [-0.05, 0) is 58.5 Å². The van der Waals surface area contributed by atoms with Crippen LogP contribution in [0, 0.1) is 0 Å². The van der Waals surface area contributed by atoms with E-state index in [9.17, 15) is 19.5 Å². The number of aliphatic carboxylic acids is 1. The van der Waals surface area contributed by atoms with E-state index in [-0.39, 0.29) is 11.0 Å². The van der Waals surface area contributed by atoms with Gasteiger partial charge in [-0.1, -0.05) is 74.3 Å². The van der Waals surface area contributed by atoms with Crippen molar-refractivity contribution in [3.8, 4) is 0 Å². The minimum absolute atomic E-state index is 0.224. The molecule has 180 valence electrons. The summed E-state index contributed by atoms with van der Waals surface area (Å²) in [5, 5.41) is 14.0. The Kier molecular flexibility index (Phi) is 6.62. The molecule has 0 fully saturated rings. The molecule has 3 aromatic rings. The van der Waals surface area contributed by atoms with Gasteiger partial charge in [0, 0.05) is 10.0 Å². The first-order valence-corrected chi connectivity index (χ1v) is 11.7. The lowest BCUT2D eigenvalue weighted by molar-refractivity contribution is -0.144. The summed E-state index contributed by atoms with van der Waals surface area (Å²) in [6.07, 6.45) is 0. The Bertz CT molecular complexity index is 1300. The number of fused-ring (bicyclic) bond motifs is 1. The topological polar surface area (TPSA) is 86.7 Å². The van der Waals surface area contributed by atoms with Crippen LogP contribution in [0.3, 0.4) is 0 Å². The molecule has 0 spiro atoms. The van der Waals surface area contributed by atoms with Crippen molar-refractivity contribution in [2.24, 2.45) is 0 Å². The van der Waals surface area contributed by atoms with Gasteiger partial charge < -0.3 is 15.3 Å². The zero-order chi connectivity index (χ0) is 25.5. The molecule has 35 heavy (non-hydrogen) atoms. The Hall–Kier alpha value is -3.35. The average molecular weight is 511 g/mol. The Morgan fingerprint density at radius 3 is 2.06 bits per heavy atom. The second-order valence-corrected chi connectivity index (χ2v) is 10.3. The molecule has 0 radical (unpaired) electrons. The summed E-state index contributed by atoms with van der Waals surface area (Å²) in [6.45, 7) is 6.03. The van der Waals surface area contributed by atoms with Crippen LogP contribution in [-0.2, 0) is 15.0 Å². The van der Waals surface area contributed by atoms with Crippen LogP contribution in [0.1, 0.15) is 59.9 Å². The van der Waals surface area contributed by atoms with E-state index >= 15 is 0 Å². The minimum Gasteiger partial charge on any atom is -0.479 e. The van der Waals surface area contributed by atoms with Gasteiger partial charge >= 0.3 is 5.97 Å². The average Bonchev–Trinajstić information content (AvgIpc) is 2.89. The van der Waals surface area contributed by atoms with E-state index in [1.165, 1.54) is 0 Å². The molecule has 0 aromatic heterocycles. The summed E-state index contributed by atoms with van der Waals surface area (Å²) in [4.78, 5) is 41.4. The third-order valence-electron chi connectivity index (χ3n) is 6.02. The van der Waals surface area contributed by atoms with Crippen LogP contribution >= 0.6 is 23.2 Å². The predicted octanol–water partition coefficient (Wildman–Crippen LogP) is 6.25. The van der Waals surface area contributed by atoms with Crippen LogP contribution in [0.2, 0.25) is 10.0 Å². The second kappa shape index (κ2) is 9.36. The Balaban J connectivity index is 1.96. The van der Waals surface area contributed by atoms with Crippen LogP contribution < -0.4 is 5.32 Å². The number of carbonyl (C=O) groups excluding carboxylic acids is 2. The van der Waals surface area contributed by atoms with E-state index in [1.54, 1.807) is 60.7 Å². The molecule has 0 bridgehead atoms. The molecule has 0 unspecified atom stereocenters. The van der Waals surface area contributed by atoms with Gasteiger partial charge in [-0.25, -0.2) is 4.79 Å². The molecule has 1 aliphatic heterocycles. The molecule has 6 nitrogen and oxygen atoms in total. The Labute approximate surface area is 213 Å². The predicted molar refractivity (Wildman–Crippen MR) is 136 cm³/mol. The first kappa shape index (κ1) is 24.8. The summed E-state index contributed by atoms with van der Waals surface area (Å²) in [7, 11) is 0. The molecule has 0 aliphatic carbocycles. The van der Waals surface area contributed by atoms with Gasteiger partial charge in [0.05, 0.1) is 11.3 Å². The fourth-order valence-corrected chi connectivity index (χ4v) is 4.42. The van der Waals surface area contributed by atoms with Crippen LogP contribution in [0.15, 0.2) is 66.7 Å². The number of halogens is 2. The van der Waals surface area contributed by atoms with Crippen LogP contribution in [-0.4, -0.2) is 27.8 Å². The molecule has 1 heterocycles. The van der Waals surface area contributed by atoms with Crippen molar-refractivity contribution < 1.29 is 19.5 Å². The minimum atomic E-state index is -1.45. The van der Waals surface area contributed by atoms with Gasteiger partial charge in [0.15, 0.2) is 6.04 Å². The molecule has 0 saturated carbocycles. The number of rotatable bonds is 4. The van der Waals surface area contributed by atoms with Crippen LogP contribution in [0.4, 0.5) is 5.69 Å². The zero-order valence-corrected chi connectivity index (χ0v) is 20.9. The van der Waals surface area contributed by atoms with E-state index in [1.807, 2.05) is 26.8 Å². The first-order chi connectivity index (χ1) is 16.5. The number of carbonyl (C=O) groups is 3. The van der Waals surface area contributed by atoms with E-state index in [2.05, 4.69) is 5.32 Å². The van der Waals surface area contributed by atoms with Gasteiger partial charge in [0.2, 0.25) is 0 Å². The highest BCUT2D eigenvalue weighted by atomic mass is 35.5. The number of hydrogen-bond donors (Lipinski definition) is 2. The van der Waals surface area contributed by atoms with Crippen molar-refractivity contribution in [2.75, 3.05) is 5.32 Å². The number of carboxylic acids is 1. The third-order valence-corrected chi connectivity index (χ3v) is 6.52. The van der Waals surface area contributed by atoms with E-state index in [0.29, 0.717) is 26.9 Å². The summed E-state index contributed by atoms with van der Waals surface area (Å²) < 4.78 is 0. The highest BCUT2D eigenvalue weighted by Crippen LogP contribution is 2.39. The number of amides is 2. The van der Waals surface area contributed by atoms with Crippen molar-refractivity contribution in [2.45, 2.75) is 38.3 Å². The zero-order valence-electron chi connectivity index (χ0n) is 19.4. The van der Waals surface area contributed by atoms with Crippen molar-refractivity contribution in [1.29, 1.82) is 0 Å². The Morgan fingerprint density at radius 2 is 1.51 bits per heavy atom. The van der Waals surface area contributed by atoms with Gasteiger partial charge in [-0.15, -0.1) is 0 Å². The standard InChI is InChI=1S/C27H24Cl2N2O4/c1-27(2,3)17-8-13-21-20(14-17)25(33)31(23(26(34)35)16-6-11-19(29)12-7-16)22(24(32)30-21)15-4-9-18(28)10-5-15/h4-14,22-23H,1-3H3,(H,30,32)(H,34,35)/t22-,23-/m0/s1. The molecule has 2 N–H and O–H groups in total. The van der Waals surface area contributed by atoms with Gasteiger partial charge in [-0.3, -0.25) is 9.59 Å². The summed E-state index contributed by atoms with van der Waals surface area (Å²) in [5.41, 5.74) is 1.91. The lowest BCUT2D eigenvalue weighted by Crippen LogP contribution is -2.44. The lowest BCUT2D eigenvalue weighted by atomic mass is 9.85. The largest absolute Gasteiger partial charge is 0.479 e. The quantitative estimate of drug-likeness (QED) is 0.434. The fraction of sp³-hybridized carbons (Fsp3) is 0.222. The molecule has 0 saturated heterocycles. The van der Waals surface area contributed by atoms with E-state index in [4.69, 9.17) is 23.2 Å². The summed E-state index contributed by atoms with van der Waals surface area (Å²) in [6, 6.07) is 15.2. The van der Waals surface area contributed by atoms with Crippen molar-refractivity contribution in [3.63, 3.8) is 0 Å². The number of anilines is 1. The highest BCUT2D eigenvalue weighted by Gasteiger charge is 2.44. The lowest BCUT2D eigenvalue weighted by Gasteiger charge is -2.34. The molecule has 2 amide bonds. The van der Waals surface area contributed by atoms with Crippen molar-refractivity contribution in [1.82, 2.24) is 4.90 Å². The monoisotopic (exact) mass is 510 g/mol. The van der Waals surface area contributed by atoms with Gasteiger partial charge in [0.1, 0.15) is 6.04 Å². The number of benzene rings is 3. The molecule has 3 aromatic carbocycles. The second-order valence-electron chi connectivity index (χ2n) is 9.46. The van der Waals surface area contributed by atoms with Crippen LogP contribution in [0.5, 0.6) is 0 Å². The molecule has 1 aliphatic rings. The van der Waals surface area contributed by atoms with Crippen molar-refractivity contribution >= 4 is 46.7 Å². The normalized spacial score (nSPS) is 16.8. The summed E-state index contributed by atoms with van der Waals surface area (Å²) in [5.74, 6) is -2.38. The number of nitrogens with zero attached hydrogens (tertiary/aromatic N) is 1. The SMILES string of the molecule is CC(C)(C)c1ccc2c(c1)C(=O)N([C@H](C(=O)O)c1ccc(Cl)cc1)[C@@H](c1ccc(Cl)cc1)C(=O)N2. The van der Waals surface area contributed by atoms with Gasteiger partial charge in [-0.2, -0.15) is 0 Å². The molecular formula is C27H24Cl2N2O4. The third kappa shape index (κ3) is 4.90. The van der Waals surface area contributed by atoms with Crippen molar-refractivity contribution in [3.05, 3.63) is 99.0 Å². The maximum atomic E-state index is 14.1. The maximum Gasteiger partial charge on any atom is 0.331 e. The molecular weight excluding hydrogens is 487 g/mol. The Morgan fingerprint density at radius 1 is 0.943 bits per heavy atom. The highest BCUT2D eigenvalue weighted by molar-refractivity contribution is 6.30. The number of nitrogens with one attached hydrogen (secondary N) is 1. The number of hydrogen-bond acceptors (Lipinski definition) is 3. The maximum absolute atomic E-state index is 14.1. The van der Waals surface area contributed by atoms with E-state index < -0.39 is 29.9 Å². The molecule has 2 atom stereocenters. The van der Waals surface area contributed by atoms with Gasteiger partial charge in [0.25, 0.3) is 11.8 Å². The fourth-order valence-electron chi connectivity index (χ4n) is 4.17. The summed E-state index contributed by atoms with van der Waals surface area (Å²) >= 11 is 12.1.